The lowest BCUT2D eigenvalue weighted by Gasteiger charge is -2.12. The van der Waals surface area contributed by atoms with Gasteiger partial charge in [-0.05, 0) is 61.4 Å². The Labute approximate surface area is 142 Å². The van der Waals surface area contributed by atoms with Gasteiger partial charge in [0.25, 0.3) is 0 Å². The fourth-order valence-electron chi connectivity index (χ4n) is 2.27. The average Bonchev–Trinajstić information content (AvgIpc) is 2.62. The molecule has 0 aromatic heterocycles. The van der Waals surface area contributed by atoms with Gasteiger partial charge in [0, 0.05) is 0 Å². The van der Waals surface area contributed by atoms with E-state index in [2.05, 4.69) is 6.07 Å². The van der Waals surface area contributed by atoms with Crippen molar-refractivity contribution < 1.29 is 14.2 Å². The fourth-order valence-corrected chi connectivity index (χ4v) is 2.27. The number of hydrogen-bond acceptors (Lipinski definition) is 4. The van der Waals surface area contributed by atoms with E-state index in [1.54, 1.807) is 7.11 Å². The molecule has 0 radical (unpaired) electrons. The van der Waals surface area contributed by atoms with Crippen LogP contribution < -0.4 is 14.2 Å². The van der Waals surface area contributed by atoms with Crippen molar-refractivity contribution in [1.29, 1.82) is 5.26 Å². The van der Waals surface area contributed by atoms with Crippen molar-refractivity contribution in [1.82, 2.24) is 0 Å². The van der Waals surface area contributed by atoms with Gasteiger partial charge in [0.2, 0.25) is 0 Å². The molecule has 0 atom stereocenters. The third-order valence-corrected chi connectivity index (χ3v) is 3.40. The zero-order chi connectivity index (χ0) is 17.4. The van der Waals surface area contributed by atoms with Crippen LogP contribution in [-0.2, 0) is 0 Å². The third kappa shape index (κ3) is 4.30. The first kappa shape index (κ1) is 17.4. The van der Waals surface area contributed by atoms with E-state index in [0.717, 1.165) is 16.9 Å². The normalized spacial score (nSPS) is 10.8. The Hall–Kier alpha value is -2.93. The molecule has 2 aromatic rings. The Morgan fingerprint density at radius 2 is 1.67 bits per heavy atom. The molecule has 0 aliphatic heterocycles. The largest absolute Gasteiger partial charge is 0.497 e. The van der Waals surface area contributed by atoms with E-state index < -0.39 is 0 Å². The zero-order valence-corrected chi connectivity index (χ0v) is 14.2. The third-order valence-electron chi connectivity index (χ3n) is 3.40. The highest BCUT2D eigenvalue weighted by Crippen LogP contribution is 2.31. The summed E-state index contributed by atoms with van der Waals surface area (Å²) in [6.45, 7) is 4.94. The predicted molar refractivity (Wildman–Crippen MR) is 95.3 cm³/mol. The summed E-state index contributed by atoms with van der Waals surface area (Å²) in [5.41, 5.74) is 2.28. The van der Waals surface area contributed by atoms with Crippen LogP contribution >= 0.6 is 0 Å². The minimum absolute atomic E-state index is 0.535. The molecule has 0 amide bonds. The topological polar surface area (TPSA) is 51.5 Å². The minimum Gasteiger partial charge on any atom is -0.497 e. The van der Waals surface area contributed by atoms with Crippen LogP contribution in [0.3, 0.4) is 0 Å². The van der Waals surface area contributed by atoms with E-state index in [-0.39, 0.29) is 0 Å². The molecule has 24 heavy (non-hydrogen) atoms. The van der Waals surface area contributed by atoms with Gasteiger partial charge in [0.15, 0.2) is 11.5 Å². The first-order chi connectivity index (χ1) is 11.7. The van der Waals surface area contributed by atoms with Gasteiger partial charge in [0.05, 0.1) is 32.0 Å². The summed E-state index contributed by atoms with van der Waals surface area (Å²) in [4.78, 5) is 0. The van der Waals surface area contributed by atoms with Gasteiger partial charge in [-0.3, -0.25) is 0 Å². The van der Waals surface area contributed by atoms with E-state index in [9.17, 15) is 5.26 Å². The summed E-state index contributed by atoms with van der Waals surface area (Å²) in [6, 6.07) is 15.3. The van der Waals surface area contributed by atoms with Crippen LogP contribution in [0.1, 0.15) is 25.0 Å². The van der Waals surface area contributed by atoms with Crippen LogP contribution in [0.25, 0.3) is 11.6 Å². The van der Waals surface area contributed by atoms with Crippen molar-refractivity contribution in [3.05, 3.63) is 53.6 Å². The molecule has 2 rings (SSSR count). The number of methoxy groups -OCH3 is 1. The highest BCUT2D eigenvalue weighted by atomic mass is 16.5. The van der Waals surface area contributed by atoms with Gasteiger partial charge < -0.3 is 14.2 Å². The van der Waals surface area contributed by atoms with Gasteiger partial charge in [-0.2, -0.15) is 5.26 Å². The molecule has 4 heteroatoms. The monoisotopic (exact) mass is 323 g/mol. The summed E-state index contributed by atoms with van der Waals surface area (Å²) in [7, 11) is 1.63. The Kier molecular flexibility index (Phi) is 6.27. The molecule has 0 saturated heterocycles. The molecule has 0 aliphatic carbocycles. The van der Waals surface area contributed by atoms with E-state index in [0.29, 0.717) is 30.3 Å². The Morgan fingerprint density at radius 1 is 1.00 bits per heavy atom. The molecule has 0 spiro atoms. The number of allylic oxidation sites excluding steroid dienone is 1. The van der Waals surface area contributed by atoms with Crippen LogP contribution in [0.4, 0.5) is 0 Å². The second-order valence-electron chi connectivity index (χ2n) is 4.97. The van der Waals surface area contributed by atoms with Gasteiger partial charge in [0.1, 0.15) is 5.75 Å². The molecule has 124 valence electrons. The van der Waals surface area contributed by atoms with Crippen LogP contribution in [0.5, 0.6) is 17.2 Å². The van der Waals surface area contributed by atoms with Gasteiger partial charge >= 0.3 is 0 Å². The molecule has 0 N–H and O–H groups in total. The van der Waals surface area contributed by atoms with Crippen molar-refractivity contribution in [2.24, 2.45) is 0 Å². The predicted octanol–water partition coefficient (Wildman–Crippen LogP) is 4.56. The Bertz CT molecular complexity index is 742. The van der Waals surface area contributed by atoms with Gasteiger partial charge in [-0.25, -0.2) is 0 Å². The van der Waals surface area contributed by atoms with Crippen LogP contribution in [-0.4, -0.2) is 20.3 Å². The molecule has 4 nitrogen and oxygen atoms in total. The highest BCUT2D eigenvalue weighted by Gasteiger charge is 2.09. The maximum Gasteiger partial charge on any atom is 0.161 e. The molecule has 0 saturated carbocycles. The molecular formula is C20H21NO3. The summed E-state index contributed by atoms with van der Waals surface area (Å²) >= 11 is 0. The molecular weight excluding hydrogens is 302 g/mol. The van der Waals surface area contributed by atoms with Gasteiger partial charge in [-0.1, -0.05) is 12.1 Å². The summed E-state index contributed by atoms with van der Waals surface area (Å²) < 4.78 is 16.3. The second kappa shape index (κ2) is 8.64. The number of nitriles is 1. The molecule has 2 aromatic carbocycles. The second-order valence-corrected chi connectivity index (χ2v) is 4.97. The number of nitrogens with zero attached hydrogens (tertiary/aromatic N) is 1. The van der Waals surface area contributed by atoms with Crippen molar-refractivity contribution in [2.75, 3.05) is 20.3 Å². The fraction of sp³-hybridized carbons (Fsp3) is 0.250. The molecule has 0 heterocycles. The lowest BCUT2D eigenvalue weighted by molar-refractivity contribution is 0.287. The quantitative estimate of drug-likeness (QED) is 0.554. The number of ether oxygens (including phenoxy) is 3. The molecule has 0 fully saturated rings. The Balaban J connectivity index is 2.37. The minimum atomic E-state index is 0.535. The first-order valence-corrected chi connectivity index (χ1v) is 7.87. The number of benzene rings is 2. The number of rotatable bonds is 7. The van der Waals surface area contributed by atoms with E-state index >= 15 is 0 Å². The lowest BCUT2D eigenvalue weighted by Crippen LogP contribution is -1.99. The Morgan fingerprint density at radius 3 is 2.25 bits per heavy atom. The van der Waals surface area contributed by atoms with Crippen molar-refractivity contribution in [3.8, 4) is 23.3 Å². The first-order valence-electron chi connectivity index (χ1n) is 7.87. The highest BCUT2D eigenvalue weighted by molar-refractivity contribution is 5.90. The van der Waals surface area contributed by atoms with Crippen molar-refractivity contribution in [2.45, 2.75) is 13.8 Å². The summed E-state index contributed by atoms with van der Waals surface area (Å²) in [6.07, 6.45) is 1.84. The average molecular weight is 323 g/mol. The molecule has 0 unspecified atom stereocenters. The van der Waals surface area contributed by atoms with Crippen LogP contribution in [0.15, 0.2) is 42.5 Å². The van der Waals surface area contributed by atoms with Crippen molar-refractivity contribution in [3.63, 3.8) is 0 Å². The maximum atomic E-state index is 9.52. The van der Waals surface area contributed by atoms with E-state index in [1.807, 2.05) is 62.4 Å². The lowest BCUT2D eigenvalue weighted by atomic mass is 10.0. The zero-order valence-electron chi connectivity index (χ0n) is 14.2. The van der Waals surface area contributed by atoms with Gasteiger partial charge in [-0.15, -0.1) is 0 Å². The summed E-state index contributed by atoms with van der Waals surface area (Å²) in [5.74, 6) is 2.11. The van der Waals surface area contributed by atoms with Crippen LogP contribution in [0.2, 0.25) is 0 Å². The standard InChI is InChI=1S/C20H21NO3/c1-4-23-19-11-8-16(13-20(19)24-5-2)17(14-21)12-15-6-9-18(22-3)10-7-15/h6-13H,4-5H2,1-3H3. The molecule has 0 bridgehead atoms. The summed E-state index contributed by atoms with van der Waals surface area (Å²) in [5, 5.41) is 9.52. The SMILES string of the molecule is CCOc1ccc(C(C#N)=Cc2ccc(OC)cc2)cc1OCC. The maximum absolute atomic E-state index is 9.52. The number of hydrogen-bond donors (Lipinski definition) is 0. The smallest absolute Gasteiger partial charge is 0.161 e. The van der Waals surface area contributed by atoms with Crippen molar-refractivity contribution >= 4 is 11.6 Å². The van der Waals surface area contributed by atoms with Crippen LogP contribution in [0, 0.1) is 11.3 Å². The molecule has 0 aliphatic rings. The van der Waals surface area contributed by atoms with E-state index in [1.165, 1.54) is 0 Å². The van der Waals surface area contributed by atoms with E-state index in [4.69, 9.17) is 14.2 Å².